The number of amides is 1. The zero-order valence-corrected chi connectivity index (χ0v) is 13.7. The highest BCUT2D eigenvalue weighted by atomic mass is 35.5. The Morgan fingerprint density at radius 1 is 1.21 bits per heavy atom. The molecule has 0 saturated heterocycles. The second kappa shape index (κ2) is 6.77. The number of benzene rings is 2. The molecule has 1 aromatic heterocycles. The molecule has 0 unspecified atom stereocenters. The van der Waals surface area contributed by atoms with Gasteiger partial charge in [-0.2, -0.15) is 0 Å². The third-order valence-corrected chi connectivity index (χ3v) is 4.19. The van der Waals surface area contributed by atoms with Crippen LogP contribution < -0.4 is 5.32 Å². The summed E-state index contributed by atoms with van der Waals surface area (Å²) in [4.78, 5) is 26.8. The van der Waals surface area contributed by atoms with Crippen LogP contribution in [0.25, 0.3) is 11.3 Å². The molecule has 3 rings (SSSR count). The maximum absolute atomic E-state index is 12.1. The summed E-state index contributed by atoms with van der Waals surface area (Å²) in [6.45, 7) is 0. The molecule has 6 nitrogen and oxygen atoms in total. The summed E-state index contributed by atoms with van der Waals surface area (Å²) < 4.78 is 0. The fourth-order valence-corrected chi connectivity index (χ4v) is 2.85. The zero-order chi connectivity index (χ0) is 17.1. The first-order valence-corrected chi connectivity index (χ1v) is 8.06. The lowest BCUT2D eigenvalue weighted by Gasteiger charge is -2.01. The van der Waals surface area contributed by atoms with Crippen molar-refractivity contribution in [2.24, 2.45) is 0 Å². The molecule has 0 saturated carbocycles. The largest absolute Gasteiger partial charge is 0.298 e. The van der Waals surface area contributed by atoms with Crippen LogP contribution in [0.1, 0.15) is 10.4 Å². The highest BCUT2D eigenvalue weighted by Crippen LogP contribution is 2.27. The van der Waals surface area contributed by atoms with Gasteiger partial charge in [0.05, 0.1) is 10.6 Å². The number of aromatic nitrogens is 1. The van der Waals surface area contributed by atoms with Gasteiger partial charge in [-0.25, -0.2) is 4.98 Å². The minimum atomic E-state index is -0.459. The molecule has 1 N–H and O–H groups in total. The summed E-state index contributed by atoms with van der Waals surface area (Å²) in [5.41, 5.74) is 1.64. The zero-order valence-electron chi connectivity index (χ0n) is 12.1. The van der Waals surface area contributed by atoms with Gasteiger partial charge in [-0.05, 0) is 24.3 Å². The highest BCUT2D eigenvalue weighted by Gasteiger charge is 2.12. The van der Waals surface area contributed by atoms with Gasteiger partial charge in [-0.15, -0.1) is 11.3 Å². The molecule has 0 bridgehead atoms. The molecule has 24 heavy (non-hydrogen) atoms. The third kappa shape index (κ3) is 3.58. The van der Waals surface area contributed by atoms with Gasteiger partial charge in [0.25, 0.3) is 11.6 Å². The van der Waals surface area contributed by atoms with Gasteiger partial charge in [-0.3, -0.25) is 20.2 Å². The van der Waals surface area contributed by atoms with Crippen LogP contribution in [0.2, 0.25) is 5.02 Å². The number of rotatable bonds is 4. The number of hydrogen-bond acceptors (Lipinski definition) is 5. The Morgan fingerprint density at radius 3 is 2.67 bits per heavy atom. The van der Waals surface area contributed by atoms with E-state index >= 15 is 0 Å². The predicted molar refractivity (Wildman–Crippen MR) is 93.6 cm³/mol. The second-order valence-electron chi connectivity index (χ2n) is 4.81. The summed E-state index contributed by atoms with van der Waals surface area (Å²) in [6.07, 6.45) is 0. The van der Waals surface area contributed by atoms with Crippen LogP contribution in [0, 0.1) is 10.1 Å². The van der Waals surface area contributed by atoms with Crippen molar-refractivity contribution in [3.8, 4) is 11.3 Å². The van der Waals surface area contributed by atoms with Crippen LogP contribution in [0.5, 0.6) is 0 Å². The van der Waals surface area contributed by atoms with Crippen LogP contribution in [-0.4, -0.2) is 15.8 Å². The molecule has 3 aromatic rings. The molecule has 2 aromatic carbocycles. The topological polar surface area (TPSA) is 85.1 Å². The van der Waals surface area contributed by atoms with E-state index < -0.39 is 4.92 Å². The van der Waals surface area contributed by atoms with E-state index in [1.54, 1.807) is 41.8 Å². The van der Waals surface area contributed by atoms with Crippen molar-refractivity contribution in [1.29, 1.82) is 0 Å². The average Bonchev–Trinajstić information content (AvgIpc) is 3.04. The maximum atomic E-state index is 12.1. The molecule has 0 fully saturated rings. The minimum absolute atomic E-state index is 0.00718. The molecule has 1 heterocycles. The van der Waals surface area contributed by atoms with Crippen molar-refractivity contribution in [3.63, 3.8) is 0 Å². The summed E-state index contributed by atoms with van der Waals surface area (Å²) in [7, 11) is 0. The van der Waals surface area contributed by atoms with Crippen molar-refractivity contribution in [3.05, 3.63) is 74.6 Å². The molecule has 0 spiro atoms. The Balaban J connectivity index is 1.78. The Labute approximate surface area is 145 Å². The van der Waals surface area contributed by atoms with Gasteiger partial charge in [0.15, 0.2) is 5.13 Å². The number of non-ortho nitro benzene ring substituents is 1. The number of carbonyl (C=O) groups excluding carboxylic acids is 1. The lowest BCUT2D eigenvalue weighted by Crippen LogP contribution is -2.11. The molecular weight excluding hydrogens is 350 g/mol. The van der Waals surface area contributed by atoms with E-state index in [1.807, 2.05) is 0 Å². The summed E-state index contributed by atoms with van der Waals surface area (Å²) in [5, 5.41) is 16.2. The summed E-state index contributed by atoms with van der Waals surface area (Å²) in [5.74, 6) is -0.299. The molecule has 0 aliphatic rings. The predicted octanol–water partition coefficient (Wildman–Crippen LogP) is 4.62. The van der Waals surface area contributed by atoms with Crippen molar-refractivity contribution in [1.82, 2.24) is 4.98 Å². The number of nitro groups is 1. The molecule has 120 valence electrons. The number of nitrogens with zero attached hydrogens (tertiary/aromatic N) is 2. The van der Waals surface area contributed by atoms with Crippen LogP contribution >= 0.6 is 22.9 Å². The third-order valence-electron chi connectivity index (χ3n) is 3.18. The number of halogens is 1. The highest BCUT2D eigenvalue weighted by molar-refractivity contribution is 7.14. The molecular formula is C16H10ClN3O3S. The number of hydrogen-bond donors (Lipinski definition) is 1. The molecule has 0 aliphatic heterocycles. The monoisotopic (exact) mass is 359 g/mol. The number of nitrogens with one attached hydrogen (secondary N) is 1. The minimum Gasteiger partial charge on any atom is -0.298 e. The number of carbonyl (C=O) groups is 1. The van der Waals surface area contributed by atoms with E-state index in [0.29, 0.717) is 27.0 Å². The van der Waals surface area contributed by atoms with Crippen LogP contribution in [0.4, 0.5) is 10.8 Å². The fourth-order valence-electron chi connectivity index (χ4n) is 2.01. The van der Waals surface area contributed by atoms with Gasteiger partial charge < -0.3 is 0 Å². The van der Waals surface area contributed by atoms with Crippen molar-refractivity contribution in [2.45, 2.75) is 0 Å². The first-order chi connectivity index (χ1) is 11.5. The average molecular weight is 360 g/mol. The van der Waals surface area contributed by atoms with E-state index in [9.17, 15) is 14.9 Å². The van der Waals surface area contributed by atoms with Gasteiger partial charge in [-0.1, -0.05) is 23.7 Å². The van der Waals surface area contributed by atoms with Crippen molar-refractivity contribution in [2.75, 3.05) is 5.32 Å². The maximum Gasteiger partial charge on any atom is 0.270 e. The Hall–Kier alpha value is -2.77. The lowest BCUT2D eigenvalue weighted by molar-refractivity contribution is -0.384. The molecule has 1 amide bonds. The molecule has 0 atom stereocenters. The van der Waals surface area contributed by atoms with Crippen molar-refractivity contribution >= 4 is 39.7 Å². The van der Waals surface area contributed by atoms with E-state index in [0.717, 1.165) is 0 Å². The number of anilines is 1. The van der Waals surface area contributed by atoms with E-state index in [4.69, 9.17) is 11.6 Å². The Kier molecular flexibility index (Phi) is 4.54. The summed E-state index contributed by atoms with van der Waals surface area (Å²) >= 11 is 7.04. The van der Waals surface area contributed by atoms with Crippen LogP contribution in [0.3, 0.4) is 0 Å². The molecule has 8 heteroatoms. The Bertz CT molecular complexity index is 909. The van der Waals surface area contributed by atoms with Gasteiger partial charge in [0.2, 0.25) is 0 Å². The second-order valence-corrected chi connectivity index (χ2v) is 6.10. The quantitative estimate of drug-likeness (QED) is 0.543. The first-order valence-electron chi connectivity index (χ1n) is 6.80. The van der Waals surface area contributed by atoms with Crippen LogP contribution in [-0.2, 0) is 0 Å². The van der Waals surface area contributed by atoms with Crippen molar-refractivity contribution < 1.29 is 9.72 Å². The Morgan fingerprint density at radius 2 is 1.96 bits per heavy atom. The first kappa shape index (κ1) is 16.1. The number of thiazole rings is 1. The van der Waals surface area contributed by atoms with Gasteiger partial charge >= 0.3 is 0 Å². The normalized spacial score (nSPS) is 10.4. The van der Waals surface area contributed by atoms with Gasteiger partial charge in [0.1, 0.15) is 0 Å². The van der Waals surface area contributed by atoms with E-state index in [1.165, 1.54) is 23.5 Å². The fraction of sp³-hybridized carbons (Fsp3) is 0. The van der Waals surface area contributed by atoms with Crippen LogP contribution in [0.15, 0.2) is 53.9 Å². The van der Waals surface area contributed by atoms with Gasteiger partial charge in [0, 0.05) is 33.7 Å². The standard InChI is InChI=1S/C16H10ClN3O3S/c17-12-6-4-10(5-7-12)15(21)19-16-18-14(9-24-16)11-2-1-3-13(8-11)20(22)23/h1-9H,(H,18,19,21). The smallest absolute Gasteiger partial charge is 0.270 e. The lowest BCUT2D eigenvalue weighted by atomic mass is 10.1. The SMILES string of the molecule is O=C(Nc1nc(-c2cccc([N+](=O)[O-])c2)cs1)c1ccc(Cl)cc1. The van der Waals surface area contributed by atoms with E-state index in [2.05, 4.69) is 10.3 Å². The number of nitro benzene ring substituents is 1. The van der Waals surface area contributed by atoms with E-state index in [-0.39, 0.29) is 11.6 Å². The summed E-state index contributed by atoms with van der Waals surface area (Å²) in [6, 6.07) is 12.7. The molecule has 0 aliphatic carbocycles. The molecule has 0 radical (unpaired) electrons.